The molecular formula is C26H27FIN3O4S. The molecule has 0 spiro atoms. The van der Waals surface area contributed by atoms with Crippen LogP contribution in [-0.4, -0.2) is 44.3 Å². The maximum Gasteiger partial charge on any atom is 0.264 e. The van der Waals surface area contributed by atoms with E-state index in [1.54, 1.807) is 55.5 Å². The molecule has 0 aromatic heterocycles. The summed E-state index contributed by atoms with van der Waals surface area (Å²) in [5, 5.41) is 2.67. The van der Waals surface area contributed by atoms with E-state index in [9.17, 15) is 22.4 Å². The molecule has 0 saturated heterocycles. The van der Waals surface area contributed by atoms with Crippen LogP contribution in [0.5, 0.6) is 0 Å². The lowest BCUT2D eigenvalue weighted by molar-refractivity contribution is -0.139. The van der Waals surface area contributed by atoms with Crippen molar-refractivity contribution in [3.8, 4) is 0 Å². The summed E-state index contributed by atoms with van der Waals surface area (Å²) >= 11 is 2.10. The van der Waals surface area contributed by atoms with Gasteiger partial charge in [-0.05, 0) is 78.9 Å². The minimum absolute atomic E-state index is 0.0220. The molecule has 1 unspecified atom stereocenters. The number of carbonyl (C=O) groups excluding carboxylic acids is 2. The first-order chi connectivity index (χ1) is 17.1. The van der Waals surface area contributed by atoms with Gasteiger partial charge in [0, 0.05) is 22.2 Å². The largest absolute Gasteiger partial charge is 0.355 e. The maximum atomic E-state index is 14.5. The number of benzene rings is 3. The Morgan fingerprint density at radius 2 is 1.58 bits per heavy atom. The van der Waals surface area contributed by atoms with Crippen LogP contribution in [0.3, 0.4) is 0 Å². The van der Waals surface area contributed by atoms with E-state index >= 15 is 0 Å². The van der Waals surface area contributed by atoms with Gasteiger partial charge in [0.1, 0.15) is 18.4 Å². The SMILES string of the molecule is CCNC(=O)C(C)N(Cc1ccccc1F)C(=O)CN(c1ccc(I)cc1)S(=O)(=O)c1ccccc1. The number of nitrogens with one attached hydrogen (secondary N) is 1. The van der Waals surface area contributed by atoms with Crippen molar-refractivity contribution in [3.05, 3.63) is 93.8 Å². The number of hydrogen-bond acceptors (Lipinski definition) is 4. The van der Waals surface area contributed by atoms with Crippen LogP contribution >= 0.6 is 22.6 Å². The lowest BCUT2D eigenvalue weighted by Crippen LogP contribution is -2.51. The molecule has 0 bridgehead atoms. The Bertz CT molecular complexity index is 1300. The third-order valence-corrected chi connectivity index (χ3v) is 8.05. The fourth-order valence-electron chi connectivity index (χ4n) is 3.57. The fourth-order valence-corrected chi connectivity index (χ4v) is 5.37. The van der Waals surface area contributed by atoms with Crippen molar-refractivity contribution >= 4 is 50.1 Å². The zero-order chi connectivity index (χ0) is 26.3. The number of halogens is 2. The first-order valence-electron chi connectivity index (χ1n) is 11.3. The fraction of sp³-hybridized carbons (Fsp3) is 0.231. The number of hydrogen-bond donors (Lipinski definition) is 1. The summed E-state index contributed by atoms with van der Waals surface area (Å²) in [5.74, 6) is -1.59. The molecule has 10 heteroatoms. The summed E-state index contributed by atoms with van der Waals surface area (Å²) in [5.41, 5.74) is 0.512. The number of anilines is 1. The summed E-state index contributed by atoms with van der Waals surface area (Å²) in [6.45, 7) is 2.86. The molecule has 1 N–H and O–H groups in total. The number of sulfonamides is 1. The number of likely N-dealkylation sites (N-methyl/N-ethyl adjacent to an activating group) is 1. The van der Waals surface area contributed by atoms with E-state index in [-0.39, 0.29) is 17.0 Å². The van der Waals surface area contributed by atoms with Crippen molar-refractivity contribution in [1.82, 2.24) is 10.2 Å². The summed E-state index contributed by atoms with van der Waals surface area (Å²) in [6.07, 6.45) is 0. The van der Waals surface area contributed by atoms with Crippen molar-refractivity contribution in [1.29, 1.82) is 0 Å². The highest BCUT2D eigenvalue weighted by molar-refractivity contribution is 14.1. The topological polar surface area (TPSA) is 86.8 Å². The monoisotopic (exact) mass is 623 g/mol. The molecule has 0 fully saturated rings. The van der Waals surface area contributed by atoms with Gasteiger partial charge in [-0.25, -0.2) is 12.8 Å². The van der Waals surface area contributed by atoms with Gasteiger partial charge in [-0.15, -0.1) is 0 Å². The summed E-state index contributed by atoms with van der Waals surface area (Å²) in [6, 6.07) is 19.5. The zero-order valence-corrected chi connectivity index (χ0v) is 22.9. The van der Waals surface area contributed by atoms with Gasteiger partial charge in [0.25, 0.3) is 10.0 Å². The third-order valence-electron chi connectivity index (χ3n) is 5.54. The van der Waals surface area contributed by atoms with Gasteiger partial charge in [-0.1, -0.05) is 36.4 Å². The second kappa shape index (κ2) is 12.3. The van der Waals surface area contributed by atoms with Crippen molar-refractivity contribution in [2.75, 3.05) is 17.4 Å². The first kappa shape index (κ1) is 27.6. The lowest BCUT2D eigenvalue weighted by Gasteiger charge is -2.32. The molecule has 0 aliphatic rings. The van der Waals surface area contributed by atoms with Crippen LogP contribution < -0.4 is 9.62 Å². The predicted molar refractivity (Wildman–Crippen MR) is 145 cm³/mol. The van der Waals surface area contributed by atoms with Gasteiger partial charge in [0.15, 0.2) is 0 Å². The van der Waals surface area contributed by atoms with E-state index in [0.29, 0.717) is 12.2 Å². The number of rotatable bonds is 10. The average Bonchev–Trinajstić information content (AvgIpc) is 2.87. The van der Waals surface area contributed by atoms with Gasteiger partial charge in [0.05, 0.1) is 10.6 Å². The van der Waals surface area contributed by atoms with E-state index in [1.165, 1.54) is 42.2 Å². The molecule has 3 aromatic carbocycles. The Labute approximate surface area is 224 Å². The molecule has 7 nitrogen and oxygen atoms in total. The van der Waals surface area contributed by atoms with Crippen LogP contribution in [-0.2, 0) is 26.2 Å². The second-order valence-electron chi connectivity index (χ2n) is 7.98. The summed E-state index contributed by atoms with van der Waals surface area (Å²) in [7, 11) is -4.12. The molecule has 0 aliphatic heterocycles. The normalized spacial score (nSPS) is 12.0. The first-order valence-corrected chi connectivity index (χ1v) is 13.8. The van der Waals surface area contributed by atoms with Crippen LogP contribution in [0, 0.1) is 9.39 Å². The summed E-state index contributed by atoms with van der Waals surface area (Å²) < 4.78 is 43.6. The highest BCUT2D eigenvalue weighted by Gasteiger charge is 2.32. The maximum absolute atomic E-state index is 14.5. The Hall–Kier alpha value is -2.99. The molecule has 36 heavy (non-hydrogen) atoms. The van der Waals surface area contributed by atoms with E-state index in [0.717, 1.165) is 7.88 Å². The van der Waals surface area contributed by atoms with E-state index in [4.69, 9.17) is 0 Å². The van der Waals surface area contributed by atoms with Gasteiger partial charge in [-0.3, -0.25) is 13.9 Å². The minimum Gasteiger partial charge on any atom is -0.355 e. The van der Waals surface area contributed by atoms with Gasteiger partial charge >= 0.3 is 0 Å². The van der Waals surface area contributed by atoms with E-state index in [2.05, 4.69) is 27.9 Å². The number of amides is 2. The Morgan fingerprint density at radius 3 is 2.19 bits per heavy atom. The van der Waals surface area contributed by atoms with Crippen molar-refractivity contribution < 1.29 is 22.4 Å². The Kier molecular flexibility index (Phi) is 9.43. The van der Waals surface area contributed by atoms with Crippen LogP contribution in [0.2, 0.25) is 0 Å². The van der Waals surface area contributed by atoms with Crippen LogP contribution in [0.4, 0.5) is 10.1 Å². The third kappa shape index (κ3) is 6.61. The molecule has 0 radical (unpaired) electrons. The molecule has 3 aromatic rings. The lowest BCUT2D eigenvalue weighted by atomic mass is 10.1. The van der Waals surface area contributed by atoms with Crippen LogP contribution in [0.1, 0.15) is 19.4 Å². The second-order valence-corrected chi connectivity index (χ2v) is 11.1. The number of carbonyl (C=O) groups is 2. The molecule has 0 aliphatic carbocycles. The highest BCUT2D eigenvalue weighted by atomic mass is 127. The number of nitrogens with zero attached hydrogens (tertiary/aromatic N) is 2. The standard InChI is InChI=1S/C26H27FIN3O4S/c1-3-29-26(33)19(2)30(17-20-9-7-8-12-24(20)27)25(32)18-31(22-15-13-21(28)14-16-22)36(34,35)23-10-5-4-6-11-23/h4-16,19H,3,17-18H2,1-2H3,(H,29,33). The molecule has 0 heterocycles. The van der Waals surface area contributed by atoms with Crippen LogP contribution in [0.25, 0.3) is 0 Å². The summed E-state index contributed by atoms with van der Waals surface area (Å²) in [4.78, 5) is 27.5. The van der Waals surface area contributed by atoms with Crippen LogP contribution in [0.15, 0.2) is 83.8 Å². The molecule has 190 valence electrons. The van der Waals surface area contributed by atoms with Gasteiger partial charge in [-0.2, -0.15) is 0 Å². The average molecular weight is 623 g/mol. The van der Waals surface area contributed by atoms with Gasteiger partial charge < -0.3 is 10.2 Å². The Morgan fingerprint density at radius 1 is 0.972 bits per heavy atom. The molecule has 2 amide bonds. The molecule has 3 rings (SSSR count). The minimum atomic E-state index is -4.12. The quantitative estimate of drug-likeness (QED) is 0.344. The predicted octanol–water partition coefficient (Wildman–Crippen LogP) is 4.18. The molecular weight excluding hydrogens is 596 g/mol. The molecule has 0 saturated carbocycles. The van der Waals surface area contributed by atoms with E-state index < -0.39 is 40.2 Å². The zero-order valence-electron chi connectivity index (χ0n) is 19.9. The van der Waals surface area contributed by atoms with Crippen molar-refractivity contribution in [3.63, 3.8) is 0 Å². The molecule has 1 atom stereocenters. The van der Waals surface area contributed by atoms with Crippen molar-refractivity contribution in [2.45, 2.75) is 31.3 Å². The van der Waals surface area contributed by atoms with Gasteiger partial charge in [0.2, 0.25) is 11.8 Å². The smallest absolute Gasteiger partial charge is 0.264 e. The highest BCUT2D eigenvalue weighted by Crippen LogP contribution is 2.25. The van der Waals surface area contributed by atoms with E-state index in [1.807, 2.05) is 0 Å². The van der Waals surface area contributed by atoms with Crippen molar-refractivity contribution in [2.24, 2.45) is 0 Å². The Balaban J connectivity index is 2.02.